The molecule has 0 unspecified atom stereocenters. The van der Waals surface area contributed by atoms with Crippen LogP contribution in [0, 0.1) is 11.3 Å². The van der Waals surface area contributed by atoms with Gasteiger partial charge in [0.1, 0.15) is 11.9 Å². The van der Waals surface area contributed by atoms with Gasteiger partial charge in [-0.15, -0.1) is 0 Å². The van der Waals surface area contributed by atoms with Crippen LogP contribution in [0.15, 0.2) is 12.1 Å². The molecule has 1 aliphatic heterocycles. The van der Waals surface area contributed by atoms with Crippen LogP contribution in [0.3, 0.4) is 0 Å². The lowest BCUT2D eigenvalue weighted by Gasteiger charge is -2.45. The molecule has 1 fully saturated rings. The maximum Gasteiger partial charge on any atom is 0.165 e. The van der Waals surface area contributed by atoms with Gasteiger partial charge in [-0.1, -0.05) is 0 Å². The fraction of sp³-hybridized carbons (Fsp3) is 0.538. The van der Waals surface area contributed by atoms with E-state index in [2.05, 4.69) is 35.7 Å². The van der Waals surface area contributed by atoms with E-state index in [1.165, 1.54) is 0 Å². The zero-order valence-electron chi connectivity index (χ0n) is 11.1. The highest BCUT2D eigenvalue weighted by molar-refractivity contribution is 5.55. The van der Waals surface area contributed by atoms with E-state index >= 15 is 0 Å². The zero-order chi connectivity index (χ0) is 13.3. The molecule has 2 heterocycles. The second-order valence-electron chi connectivity index (χ2n) is 5.37. The number of nitrogens with zero attached hydrogens (tertiary/aromatic N) is 4. The molecule has 0 radical (unpaired) electrons. The average molecular weight is 245 g/mol. The maximum absolute atomic E-state index is 8.97. The number of nitrogen functional groups attached to an aromatic ring is 1. The van der Waals surface area contributed by atoms with Gasteiger partial charge in [0.2, 0.25) is 0 Å². The van der Waals surface area contributed by atoms with Crippen LogP contribution in [0.4, 0.5) is 11.5 Å². The highest BCUT2D eigenvalue weighted by Gasteiger charge is 2.31. The summed E-state index contributed by atoms with van der Waals surface area (Å²) in [5.74, 6) is 0.835. The summed E-state index contributed by atoms with van der Waals surface area (Å²) in [6, 6.07) is 5.67. The van der Waals surface area contributed by atoms with Crippen LogP contribution in [-0.4, -0.2) is 42.1 Å². The Morgan fingerprint density at radius 1 is 1.39 bits per heavy atom. The number of hydrogen-bond acceptors (Lipinski definition) is 5. The summed E-state index contributed by atoms with van der Waals surface area (Å²) in [4.78, 5) is 8.87. The largest absolute Gasteiger partial charge is 0.396 e. The molecule has 0 saturated carbocycles. The topological polar surface area (TPSA) is 69.2 Å². The van der Waals surface area contributed by atoms with E-state index in [0.717, 1.165) is 25.5 Å². The molecule has 5 heteroatoms. The van der Waals surface area contributed by atoms with Gasteiger partial charge in [0.05, 0.1) is 5.69 Å². The molecule has 0 aromatic carbocycles. The molecule has 0 amide bonds. The van der Waals surface area contributed by atoms with Crippen molar-refractivity contribution in [2.75, 3.05) is 37.3 Å². The molecular formula is C13H19N5. The Bertz CT molecular complexity index is 489. The molecule has 0 spiro atoms. The minimum Gasteiger partial charge on any atom is -0.396 e. The second kappa shape index (κ2) is 4.46. The van der Waals surface area contributed by atoms with Gasteiger partial charge in [0, 0.05) is 25.2 Å². The molecule has 96 valence electrons. The fourth-order valence-corrected chi connectivity index (χ4v) is 2.16. The summed E-state index contributed by atoms with van der Waals surface area (Å²) < 4.78 is 0. The van der Waals surface area contributed by atoms with E-state index < -0.39 is 0 Å². The fourth-order valence-electron chi connectivity index (χ4n) is 2.16. The van der Waals surface area contributed by atoms with Crippen LogP contribution in [0.2, 0.25) is 0 Å². The van der Waals surface area contributed by atoms with Crippen molar-refractivity contribution in [3.05, 3.63) is 17.8 Å². The van der Waals surface area contributed by atoms with Crippen molar-refractivity contribution < 1.29 is 0 Å². The summed E-state index contributed by atoms with van der Waals surface area (Å²) in [6.07, 6.45) is 0. The minimum absolute atomic E-state index is 0.105. The van der Waals surface area contributed by atoms with Crippen molar-refractivity contribution in [3.8, 4) is 6.07 Å². The van der Waals surface area contributed by atoms with Crippen LogP contribution in [0.5, 0.6) is 0 Å². The number of nitrogens with two attached hydrogens (primary N) is 1. The molecular weight excluding hydrogens is 226 g/mol. The van der Waals surface area contributed by atoms with Crippen LogP contribution >= 0.6 is 0 Å². The first-order valence-corrected chi connectivity index (χ1v) is 6.07. The third-order valence-electron chi connectivity index (χ3n) is 3.66. The number of rotatable bonds is 1. The number of likely N-dealkylation sites (N-methyl/N-ethyl adjacent to an activating group) is 1. The lowest BCUT2D eigenvalue weighted by molar-refractivity contribution is 0.138. The maximum atomic E-state index is 8.97. The predicted molar refractivity (Wildman–Crippen MR) is 72.3 cm³/mol. The minimum atomic E-state index is 0.105. The van der Waals surface area contributed by atoms with Gasteiger partial charge in [-0.05, 0) is 33.0 Å². The smallest absolute Gasteiger partial charge is 0.165 e. The predicted octanol–water partition coefficient (Wildman–Crippen LogP) is 1.07. The number of hydrogen-bond donors (Lipinski definition) is 1. The third-order valence-corrected chi connectivity index (χ3v) is 3.66. The van der Waals surface area contributed by atoms with E-state index in [9.17, 15) is 0 Å². The van der Waals surface area contributed by atoms with E-state index in [-0.39, 0.29) is 5.54 Å². The Morgan fingerprint density at radius 3 is 2.72 bits per heavy atom. The summed E-state index contributed by atoms with van der Waals surface area (Å²) >= 11 is 0. The summed E-state index contributed by atoms with van der Waals surface area (Å²) in [7, 11) is 2.13. The Hall–Kier alpha value is -1.80. The quantitative estimate of drug-likeness (QED) is 0.801. The number of anilines is 2. The first-order valence-electron chi connectivity index (χ1n) is 6.07. The average Bonchev–Trinajstić information content (AvgIpc) is 2.33. The van der Waals surface area contributed by atoms with Gasteiger partial charge in [-0.2, -0.15) is 5.26 Å². The Labute approximate surface area is 108 Å². The molecule has 0 bridgehead atoms. The zero-order valence-corrected chi connectivity index (χ0v) is 11.1. The highest BCUT2D eigenvalue weighted by Crippen LogP contribution is 2.24. The normalized spacial score (nSPS) is 19.6. The van der Waals surface area contributed by atoms with Crippen LogP contribution in [0.25, 0.3) is 0 Å². The summed E-state index contributed by atoms with van der Waals surface area (Å²) in [5.41, 5.74) is 6.55. The first kappa shape index (κ1) is 12.7. The molecule has 18 heavy (non-hydrogen) atoms. The van der Waals surface area contributed by atoms with Gasteiger partial charge in [-0.3, -0.25) is 4.90 Å². The lowest BCUT2D eigenvalue weighted by Crippen LogP contribution is -2.57. The van der Waals surface area contributed by atoms with Crippen molar-refractivity contribution in [1.82, 2.24) is 9.88 Å². The van der Waals surface area contributed by atoms with Crippen molar-refractivity contribution in [3.63, 3.8) is 0 Å². The van der Waals surface area contributed by atoms with E-state index in [1.54, 1.807) is 6.07 Å². The van der Waals surface area contributed by atoms with E-state index in [0.29, 0.717) is 11.4 Å². The molecule has 2 rings (SSSR count). The number of piperazine rings is 1. The number of aromatic nitrogens is 1. The first-order chi connectivity index (χ1) is 8.44. The van der Waals surface area contributed by atoms with Gasteiger partial charge in [0.15, 0.2) is 5.69 Å². The van der Waals surface area contributed by atoms with Gasteiger partial charge >= 0.3 is 0 Å². The number of nitriles is 1. The Kier molecular flexibility index (Phi) is 3.14. The molecule has 5 nitrogen and oxygen atoms in total. The van der Waals surface area contributed by atoms with Crippen LogP contribution < -0.4 is 10.6 Å². The lowest BCUT2D eigenvalue weighted by atomic mass is 10.00. The molecule has 2 N–H and O–H groups in total. The van der Waals surface area contributed by atoms with Crippen molar-refractivity contribution in [1.29, 1.82) is 5.26 Å². The third kappa shape index (κ3) is 2.24. The van der Waals surface area contributed by atoms with Crippen molar-refractivity contribution in [2.24, 2.45) is 0 Å². The van der Waals surface area contributed by atoms with E-state index in [1.807, 2.05) is 12.1 Å². The molecule has 1 saturated heterocycles. The molecule has 1 aromatic heterocycles. The van der Waals surface area contributed by atoms with E-state index in [4.69, 9.17) is 11.0 Å². The van der Waals surface area contributed by atoms with Gasteiger partial charge in [0.25, 0.3) is 0 Å². The van der Waals surface area contributed by atoms with Gasteiger partial charge in [-0.25, -0.2) is 4.98 Å². The summed E-state index contributed by atoms with van der Waals surface area (Å²) in [6.45, 7) is 7.22. The molecule has 1 aromatic rings. The second-order valence-corrected chi connectivity index (χ2v) is 5.37. The number of pyridine rings is 1. The molecule has 1 aliphatic rings. The van der Waals surface area contributed by atoms with Crippen LogP contribution in [0.1, 0.15) is 19.5 Å². The Morgan fingerprint density at radius 2 is 2.11 bits per heavy atom. The summed E-state index contributed by atoms with van der Waals surface area (Å²) in [5, 5.41) is 8.97. The monoisotopic (exact) mass is 245 g/mol. The van der Waals surface area contributed by atoms with Crippen molar-refractivity contribution >= 4 is 11.5 Å². The molecule has 0 aliphatic carbocycles. The molecule has 0 atom stereocenters. The standard InChI is InChI=1S/C13H19N5/c1-13(2)9-18(7-6-17(13)3)12-5-4-10(15)11(8-14)16-12/h4-5H,6-7,9,15H2,1-3H3. The van der Waals surface area contributed by atoms with Gasteiger partial charge < -0.3 is 10.6 Å². The Balaban J connectivity index is 2.26. The van der Waals surface area contributed by atoms with Crippen LogP contribution in [-0.2, 0) is 0 Å². The SMILES string of the molecule is CN1CCN(c2ccc(N)c(C#N)n2)CC1(C)C. The highest BCUT2D eigenvalue weighted by atomic mass is 15.3. The van der Waals surface area contributed by atoms with Crippen molar-refractivity contribution in [2.45, 2.75) is 19.4 Å².